The first-order valence-corrected chi connectivity index (χ1v) is 12.2. The van der Waals surface area contributed by atoms with Gasteiger partial charge in [0.1, 0.15) is 12.6 Å². The van der Waals surface area contributed by atoms with E-state index in [0.717, 1.165) is 30.6 Å². The highest BCUT2D eigenvalue weighted by Gasteiger charge is 2.30. The van der Waals surface area contributed by atoms with Gasteiger partial charge in [-0.2, -0.15) is 0 Å². The number of benzene rings is 1. The Morgan fingerprint density at radius 1 is 1.15 bits per heavy atom. The third-order valence-corrected chi connectivity index (χ3v) is 7.03. The average molecular weight is 505 g/mol. The van der Waals surface area contributed by atoms with Crippen LogP contribution in [0, 0.1) is 5.92 Å². The number of carbonyl (C=O) groups excluding carboxylic acids is 4. The Morgan fingerprint density at radius 3 is 2.53 bits per heavy atom. The number of hydrogen-bond donors (Lipinski definition) is 3. The van der Waals surface area contributed by atoms with Crippen molar-refractivity contribution in [3.8, 4) is 0 Å². The highest BCUT2D eigenvalue weighted by Crippen LogP contribution is 2.26. The molecule has 1 aliphatic carbocycles. The predicted molar refractivity (Wildman–Crippen MR) is 129 cm³/mol. The molecule has 0 radical (unpaired) electrons. The number of amides is 4. The Morgan fingerprint density at radius 2 is 1.91 bits per heavy atom. The van der Waals surface area contributed by atoms with E-state index >= 15 is 0 Å². The number of carbonyl (C=O) groups is 4. The number of rotatable bonds is 8. The number of morpholine rings is 1. The second kappa shape index (κ2) is 11.0. The van der Waals surface area contributed by atoms with Crippen LogP contribution in [0.5, 0.6) is 0 Å². The monoisotopic (exact) mass is 504 g/mol. The van der Waals surface area contributed by atoms with Gasteiger partial charge in [-0.15, -0.1) is 11.3 Å². The third kappa shape index (κ3) is 5.94. The summed E-state index contributed by atoms with van der Waals surface area (Å²) in [7, 11) is 0. The summed E-state index contributed by atoms with van der Waals surface area (Å²) in [6, 6.07) is 9.13. The zero-order valence-corrected chi connectivity index (χ0v) is 19.9. The summed E-state index contributed by atoms with van der Waals surface area (Å²) in [5.74, 6) is -1.24. The minimum absolute atomic E-state index is 0.0459. The van der Waals surface area contributed by atoms with Gasteiger partial charge < -0.3 is 25.6 Å². The van der Waals surface area contributed by atoms with E-state index < -0.39 is 11.9 Å². The summed E-state index contributed by atoms with van der Waals surface area (Å²) in [5.41, 5.74) is 1.22. The summed E-state index contributed by atoms with van der Waals surface area (Å²) in [5, 5.41) is 8.24. The SMILES string of the molecule is O=C(NC[C@H](NC(=O)C1CCC1)C(=O)Nc1ccc(N2CCOCC2=O)cc1)c1ccc(Cl)s1. The number of hydrogen-bond acceptors (Lipinski definition) is 6. The van der Waals surface area contributed by atoms with Crippen LogP contribution in [0.4, 0.5) is 11.4 Å². The first-order valence-electron chi connectivity index (χ1n) is 11.0. The first kappa shape index (κ1) is 24.2. The first-order chi connectivity index (χ1) is 16.4. The van der Waals surface area contributed by atoms with Crippen molar-refractivity contribution in [2.75, 3.05) is 36.5 Å². The van der Waals surface area contributed by atoms with E-state index in [9.17, 15) is 19.2 Å². The molecule has 1 saturated carbocycles. The highest BCUT2D eigenvalue weighted by atomic mass is 35.5. The maximum atomic E-state index is 13.0. The maximum Gasteiger partial charge on any atom is 0.261 e. The fourth-order valence-corrected chi connectivity index (χ4v) is 4.59. The number of halogens is 1. The topological polar surface area (TPSA) is 117 Å². The largest absolute Gasteiger partial charge is 0.370 e. The van der Waals surface area contributed by atoms with Gasteiger partial charge in [-0.1, -0.05) is 18.0 Å². The third-order valence-electron chi connectivity index (χ3n) is 5.81. The van der Waals surface area contributed by atoms with E-state index in [-0.39, 0.29) is 36.8 Å². The van der Waals surface area contributed by atoms with Gasteiger partial charge in [0.15, 0.2) is 0 Å². The van der Waals surface area contributed by atoms with Crippen molar-refractivity contribution in [1.82, 2.24) is 10.6 Å². The second-order valence-corrected chi connectivity index (χ2v) is 9.85. The minimum Gasteiger partial charge on any atom is -0.370 e. The van der Waals surface area contributed by atoms with Crippen molar-refractivity contribution in [1.29, 1.82) is 0 Å². The molecule has 1 aromatic heterocycles. The lowest BCUT2D eigenvalue weighted by Gasteiger charge is -2.27. The van der Waals surface area contributed by atoms with Crippen LogP contribution in [0.1, 0.15) is 28.9 Å². The molecule has 11 heteroatoms. The second-order valence-electron chi connectivity index (χ2n) is 8.14. The number of thiophene rings is 1. The van der Waals surface area contributed by atoms with Crippen LogP contribution in [0.2, 0.25) is 4.34 Å². The average Bonchev–Trinajstić information content (AvgIpc) is 3.22. The molecule has 180 valence electrons. The van der Waals surface area contributed by atoms with Crippen molar-refractivity contribution in [2.24, 2.45) is 5.92 Å². The van der Waals surface area contributed by atoms with Crippen molar-refractivity contribution in [2.45, 2.75) is 25.3 Å². The van der Waals surface area contributed by atoms with Gasteiger partial charge >= 0.3 is 0 Å². The van der Waals surface area contributed by atoms with E-state index in [1.165, 1.54) is 0 Å². The molecule has 0 spiro atoms. The Balaban J connectivity index is 1.39. The summed E-state index contributed by atoms with van der Waals surface area (Å²) >= 11 is 7.03. The zero-order chi connectivity index (χ0) is 24.1. The van der Waals surface area contributed by atoms with Crippen molar-refractivity contribution in [3.05, 3.63) is 45.6 Å². The summed E-state index contributed by atoms with van der Waals surface area (Å²) in [4.78, 5) is 51.9. The molecule has 2 heterocycles. The summed E-state index contributed by atoms with van der Waals surface area (Å²) in [6.45, 7) is 0.911. The Labute approximate surface area is 205 Å². The minimum atomic E-state index is -0.951. The van der Waals surface area contributed by atoms with Crippen molar-refractivity contribution in [3.63, 3.8) is 0 Å². The highest BCUT2D eigenvalue weighted by molar-refractivity contribution is 7.18. The fourth-order valence-electron chi connectivity index (χ4n) is 3.63. The molecule has 1 aliphatic heterocycles. The van der Waals surface area contributed by atoms with Crippen LogP contribution in [0.25, 0.3) is 0 Å². The van der Waals surface area contributed by atoms with E-state index in [4.69, 9.17) is 16.3 Å². The molecule has 1 aromatic carbocycles. The fraction of sp³-hybridized carbons (Fsp3) is 0.391. The van der Waals surface area contributed by atoms with E-state index in [1.54, 1.807) is 41.3 Å². The van der Waals surface area contributed by atoms with E-state index in [1.807, 2.05) is 0 Å². The molecule has 34 heavy (non-hydrogen) atoms. The maximum absolute atomic E-state index is 13.0. The summed E-state index contributed by atoms with van der Waals surface area (Å²) in [6.07, 6.45) is 2.58. The summed E-state index contributed by atoms with van der Waals surface area (Å²) < 4.78 is 5.63. The van der Waals surface area contributed by atoms with Crippen molar-refractivity contribution < 1.29 is 23.9 Å². The molecule has 0 bridgehead atoms. The van der Waals surface area contributed by atoms with Crippen LogP contribution >= 0.6 is 22.9 Å². The normalized spacial score (nSPS) is 17.0. The molecular weight excluding hydrogens is 480 g/mol. The Bertz CT molecular complexity index is 1070. The van der Waals surface area contributed by atoms with Crippen LogP contribution in [-0.2, 0) is 19.1 Å². The van der Waals surface area contributed by atoms with Gasteiger partial charge in [-0.25, -0.2) is 0 Å². The molecule has 2 aliphatic rings. The van der Waals surface area contributed by atoms with Crippen LogP contribution < -0.4 is 20.9 Å². The standard InChI is InChI=1S/C23H25ClN4O5S/c24-19-9-8-18(34-19)23(32)25-12-17(27-21(30)14-2-1-3-14)22(31)26-15-4-6-16(7-5-15)28-10-11-33-13-20(28)29/h4-9,14,17H,1-3,10-13H2,(H,25,32)(H,26,31)(H,27,30)/t17-/m0/s1. The van der Waals surface area contributed by atoms with Gasteiger partial charge in [0, 0.05) is 30.4 Å². The van der Waals surface area contributed by atoms with Gasteiger partial charge in [0.25, 0.3) is 11.8 Å². The number of anilines is 2. The predicted octanol–water partition coefficient (Wildman–Crippen LogP) is 2.42. The number of nitrogens with one attached hydrogen (secondary N) is 3. The van der Waals surface area contributed by atoms with Crippen molar-refractivity contribution >= 4 is 57.9 Å². The van der Waals surface area contributed by atoms with E-state index in [2.05, 4.69) is 16.0 Å². The van der Waals surface area contributed by atoms with Crippen LogP contribution in [-0.4, -0.2) is 56.0 Å². The molecule has 3 N–H and O–H groups in total. The molecule has 1 saturated heterocycles. The van der Waals surface area contributed by atoms with Gasteiger partial charge in [-0.05, 0) is 49.2 Å². The molecule has 2 aromatic rings. The molecule has 1 atom stereocenters. The van der Waals surface area contributed by atoms with Crippen LogP contribution in [0.15, 0.2) is 36.4 Å². The smallest absolute Gasteiger partial charge is 0.261 e. The zero-order valence-electron chi connectivity index (χ0n) is 18.3. The molecule has 2 fully saturated rings. The molecular formula is C23H25ClN4O5S. The number of ether oxygens (including phenoxy) is 1. The Kier molecular flexibility index (Phi) is 7.81. The molecule has 9 nitrogen and oxygen atoms in total. The lowest BCUT2D eigenvalue weighted by molar-refractivity contribution is -0.131. The van der Waals surface area contributed by atoms with Gasteiger partial charge in [0.2, 0.25) is 11.8 Å². The number of nitrogens with zero attached hydrogens (tertiary/aromatic N) is 1. The lowest BCUT2D eigenvalue weighted by atomic mass is 9.84. The van der Waals surface area contributed by atoms with Gasteiger partial charge in [-0.3, -0.25) is 19.2 Å². The molecule has 4 amide bonds. The lowest BCUT2D eigenvalue weighted by Crippen LogP contribution is -2.52. The quantitative estimate of drug-likeness (QED) is 0.510. The molecule has 0 unspecified atom stereocenters. The molecule has 4 rings (SSSR count). The van der Waals surface area contributed by atoms with Gasteiger partial charge in [0.05, 0.1) is 15.8 Å². The van der Waals surface area contributed by atoms with E-state index in [0.29, 0.717) is 33.7 Å². The Hall–Kier alpha value is -2.95. The van der Waals surface area contributed by atoms with Crippen LogP contribution in [0.3, 0.4) is 0 Å².